The zero-order chi connectivity index (χ0) is 13.4. The summed E-state index contributed by atoms with van der Waals surface area (Å²) in [6.07, 6.45) is 2.20. The number of benzene rings is 2. The lowest BCUT2D eigenvalue weighted by molar-refractivity contribution is 0.101. The Morgan fingerprint density at radius 3 is 2.65 bits per heavy atom. The molecule has 2 aromatic rings. The van der Waals surface area contributed by atoms with E-state index in [9.17, 15) is 0 Å². The van der Waals surface area contributed by atoms with Crippen molar-refractivity contribution >= 4 is 0 Å². The third kappa shape index (κ3) is 2.10. The first kappa shape index (κ1) is 12.0. The largest absolute Gasteiger partial charge is 0.485 e. The van der Waals surface area contributed by atoms with Crippen LogP contribution in [0.3, 0.4) is 0 Å². The minimum absolute atomic E-state index is 0.0263. The molecule has 1 saturated heterocycles. The number of para-hydroxylation sites is 1. The highest BCUT2D eigenvalue weighted by molar-refractivity contribution is 5.39. The van der Waals surface area contributed by atoms with E-state index in [0.717, 1.165) is 38.2 Å². The third-order valence-corrected chi connectivity index (χ3v) is 4.46. The summed E-state index contributed by atoms with van der Waals surface area (Å²) in [7, 11) is 0. The van der Waals surface area contributed by atoms with Crippen LogP contribution in [0, 0.1) is 0 Å². The van der Waals surface area contributed by atoms with E-state index in [0.29, 0.717) is 0 Å². The van der Waals surface area contributed by atoms with Crippen LogP contribution in [-0.4, -0.2) is 23.6 Å². The van der Waals surface area contributed by atoms with Crippen LogP contribution in [0.1, 0.15) is 17.5 Å². The van der Waals surface area contributed by atoms with Gasteiger partial charge in [-0.15, -0.1) is 0 Å². The molecule has 20 heavy (non-hydrogen) atoms. The molecule has 2 aliphatic rings. The van der Waals surface area contributed by atoms with Crippen molar-refractivity contribution in [1.82, 2.24) is 4.90 Å². The second-order valence-corrected chi connectivity index (χ2v) is 6.02. The smallest absolute Gasteiger partial charge is 0.127 e. The number of nitrogens with zero attached hydrogens (tertiary/aromatic N) is 1. The van der Waals surface area contributed by atoms with E-state index < -0.39 is 0 Å². The Kier molecular flexibility index (Phi) is 2.78. The summed E-state index contributed by atoms with van der Waals surface area (Å²) in [6, 6.07) is 19.2. The number of fused-ring (bicyclic) bond motifs is 1. The molecule has 0 bridgehead atoms. The van der Waals surface area contributed by atoms with E-state index in [1.807, 2.05) is 0 Å². The number of likely N-dealkylation sites (tertiary alicyclic amines) is 1. The molecule has 0 radical (unpaired) electrons. The Balaban J connectivity index is 1.47. The van der Waals surface area contributed by atoms with Crippen molar-refractivity contribution < 1.29 is 4.74 Å². The molecular formula is C18H19NO. The maximum atomic E-state index is 6.28. The highest BCUT2D eigenvalue weighted by atomic mass is 16.5. The fourth-order valence-corrected chi connectivity index (χ4v) is 3.50. The lowest BCUT2D eigenvalue weighted by atomic mass is 9.96. The topological polar surface area (TPSA) is 12.5 Å². The first-order chi connectivity index (χ1) is 9.83. The molecule has 0 amide bonds. The molecule has 4 rings (SSSR count). The molecule has 1 fully saturated rings. The van der Waals surface area contributed by atoms with E-state index >= 15 is 0 Å². The fourth-order valence-electron chi connectivity index (χ4n) is 3.50. The van der Waals surface area contributed by atoms with E-state index in [2.05, 4.69) is 59.5 Å². The lowest BCUT2D eigenvalue weighted by Gasteiger charge is -2.24. The molecule has 0 aliphatic carbocycles. The van der Waals surface area contributed by atoms with Crippen LogP contribution in [0.25, 0.3) is 0 Å². The van der Waals surface area contributed by atoms with E-state index in [1.165, 1.54) is 11.1 Å². The van der Waals surface area contributed by atoms with Gasteiger partial charge in [0.25, 0.3) is 0 Å². The van der Waals surface area contributed by atoms with Crippen LogP contribution in [-0.2, 0) is 13.0 Å². The van der Waals surface area contributed by atoms with Gasteiger partial charge in [-0.3, -0.25) is 4.90 Å². The van der Waals surface area contributed by atoms with Crippen LogP contribution < -0.4 is 4.74 Å². The van der Waals surface area contributed by atoms with Crippen LogP contribution in [0.4, 0.5) is 0 Å². The zero-order valence-corrected chi connectivity index (χ0v) is 11.6. The summed E-state index contributed by atoms with van der Waals surface area (Å²) < 4.78 is 6.28. The molecule has 0 saturated carbocycles. The van der Waals surface area contributed by atoms with Gasteiger partial charge in [-0.05, 0) is 17.2 Å². The van der Waals surface area contributed by atoms with Gasteiger partial charge in [0.1, 0.15) is 11.4 Å². The third-order valence-electron chi connectivity index (χ3n) is 4.46. The average molecular weight is 265 g/mol. The minimum Gasteiger partial charge on any atom is -0.485 e. The van der Waals surface area contributed by atoms with Crippen molar-refractivity contribution in [2.24, 2.45) is 0 Å². The average Bonchev–Trinajstić information content (AvgIpc) is 3.03. The summed E-state index contributed by atoms with van der Waals surface area (Å²) in [4.78, 5) is 2.52. The molecule has 2 heterocycles. The van der Waals surface area contributed by atoms with Crippen LogP contribution >= 0.6 is 0 Å². The van der Waals surface area contributed by atoms with Gasteiger partial charge in [0.15, 0.2) is 0 Å². The maximum absolute atomic E-state index is 6.28. The van der Waals surface area contributed by atoms with Crippen molar-refractivity contribution in [2.75, 3.05) is 13.1 Å². The van der Waals surface area contributed by atoms with E-state index in [-0.39, 0.29) is 5.60 Å². The van der Waals surface area contributed by atoms with Gasteiger partial charge in [-0.25, -0.2) is 0 Å². The maximum Gasteiger partial charge on any atom is 0.127 e. The Hall–Kier alpha value is -1.80. The molecule has 0 aromatic heterocycles. The molecular weight excluding hydrogens is 246 g/mol. The van der Waals surface area contributed by atoms with Crippen molar-refractivity contribution in [3.8, 4) is 5.75 Å². The quantitative estimate of drug-likeness (QED) is 0.826. The molecule has 102 valence electrons. The highest BCUT2D eigenvalue weighted by Gasteiger charge is 2.44. The van der Waals surface area contributed by atoms with Crippen molar-refractivity contribution in [2.45, 2.75) is 25.0 Å². The van der Waals surface area contributed by atoms with Crippen molar-refractivity contribution in [3.05, 3.63) is 65.7 Å². The van der Waals surface area contributed by atoms with Gasteiger partial charge in [0.2, 0.25) is 0 Å². The molecule has 1 spiro atoms. The summed E-state index contributed by atoms with van der Waals surface area (Å²) in [5, 5.41) is 0. The van der Waals surface area contributed by atoms with Crippen LogP contribution in [0.15, 0.2) is 54.6 Å². The minimum atomic E-state index is 0.0263. The Bertz CT molecular complexity index is 583. The number of hydrogen-bond donors (Lipinski definition) is 0. The molecule has 2 heteroatoms. The molecule has 2 aliphatic heterocycles. The lowest BCUT2D eigenvalue weighted by Crippen LogP contribution is -2.37. The molecule has 1 unspecified atom stereocenters. The van der Waals surface area contributed by atoms with Gasteiger partial charge < -0.3 is 4.74 Å². The highest BCUT2D eigenvalue weighted by Crippen LogP contribution is 2.40. The first-order valence-electron chi connectivity index (χ1n) is 7.36. The normalized spacial score (nSPS) is 24.8. The predicted molar refractivity (Wildman–Crippen MR) is 79.8 cm³/mol. The Morgan fingerprint density at radius 2 is 1.80 bits per heavy atom. The number of ether oxygens (including phenoxy) is 1. The fraction of sp³-hybridized carbons (Fsp3) is 0.333. The Morgan fingerprint density at radius 1 is 1.00 bits per heavy atom. The molecule has 2 nitrogen and oxygen atoms in total. The summed E-state index contributed by atoms with van der Waals surface area (Å²) in [5.41, 5.74) is 2.78. The number of hydrogen-bond acceptors (Lipinski definition) is 2. The predicted octanol–water partition coefficient (Wildman–Crippen LogP) is 3.27. The second-order valence-electron chi connectivity index (χ2n) is 6.02. The zero-order valence-electron chi connectivity index (χ0n) is 11.6. The van der Waals surface area contributed by atoms with Crippen molar-refractivity contribution in [1.29, 1.82) is 0 Å². The van der Waals surface area contributed by atoms with Crippen molar-refractivity contribution in [3.63, 3.8) is 0 Å². The second kappa shape index (κ2) is 4.64. The van der Waals surface area contributed by atoms with Gasteiger partial charge >= 0.3 is 0 Å². The summed E-state index contributed by atoms with van der Waals surface area (Å²) >= 11 is 0. The van der Waals surface area contributed by atoms with Gasteiger partial charge in [0, 0.05) is 32.5 Å². The van der Waals surface area contributed by atoms with Crippen LogP contribution in [0.5, 0.6) is 5.75 Å². The molecule has 1 atom stereocenters. The van der Waals surface area contributed by atoms with Crippen LogP contribution in [0.2, 0.25) is 0 Å². The number of rotatable bonds is 2. The summed E-state index contributed by atoms with van der Waals surface area (Å²) in [5.74, 6) is 1.09. The first-order valence-corrected chi connectivity index (χ1v) is 7.36. The van der Waals surface area contributed by atoms with E-state index in [4.69, 9.17) is 4.74 Å². The van der Waals surface area contributed by atoms with E-state index in [1.54, 1.807) is 0 Å². The Labute approximate surface area is 120 Å². The molecule has 0 N–H and O–H groups in total. The van der Waals surface area contributed by atoms with Gasteiger partial charge in [-0.2, -0.15) is 0 Å². The standard InChI is InChI=1S/C18H19NO/c1-2-6-15(7-3-1)13-19-11-10-18(14-19)12-16-8-4-5-9-17(16)20-18/h1-9H,10-14H2. The van der Waals surface area contributed by atoms with Gasteiger partial charge in [0.05, 0.1) is 0 Å². The monoisotopic (exact) mass is 265 g/mol. The SMILES string of the molecule is c1ccc(CN2CCC3(Cc4ccccc4O3)C2)cc1. The summed E-state index contributed by atoms with van der Waals surface area (Å²) in [6.45, 7) is 3.20. The van der Waals surface area contributed by atoms with Gasteiger partial charge in [-0.1, -0.05) is 48.5 Å². The molecule has 2 aromatic carbocycles.